The number of rotatable bonds is 4. The lowest BCUT2D eigenvalue weighted by Gasteiger charge is -2.15. The van der Waals surface area contributed by atoms with Gasteiger partial charge in [0.15, 0.2) is 0 Å². The highest BCUT2D eigenvalue weighted by atomic mass is 16.5. The predicted octanol–water partition coefficient (Wildman–Crippen LogP) is 3.00. The van der Waals surface area contributed by atoms with E-state index in [1.165, 1.54) is 0 Å². The summed E-state index contributed by atoms with van der Waals surface area (Å²) in [5.41, 5.74) is 7.63. The number of hydrogen-bond donors (Lipinski definition) is 1. The van der Waals surface area contributed by atoms with E-state index in [0.29, 0.717) is 5.92 Å². The number of nitrogen functional groups attached to an aromatic ring is 1. The highest BCUT2D eigenvalue weighted by Gasteiger charge is 2.06. The molecule has 0 fully saturated rings. The minimum Gasteiger partial charge on any atom is -0.399 e. The van der Waals surface area contributed by atoms with Gasteiger partial charge in [0.05, 0.1) is 6.10 Å². The summed E-state index contributed by atoms with van der Waals surface area (Å²) in [6.45, 7) is 7.13. The highest BCUT2D eigenvalue weighted by molar-refractivity contribution is 5.41. The Hall–Kier alpha value is -1.02. The Kier molecular flexibility index (Phi) is 3.96. The summed E-state index contributed by atoms with van der Waals surface area (Å²) in [7, 11) is 0. The first-order valence-corrected chi connectivity index (χ1v) is 5.06. The molecule has 2 N–H and O–H groups in total. The Morgan fingerprint density at radius 2 is 2.00 bits per heavy atom. The Morgan fingerprint density at radius 1 is 1.29 bits per heavy atom. The summed E-state index contributed by atoms with van der Waals surface area (Å²) in [4.78, 5) is 0. The van der Waals surface area contributed by atoms with E-state index in [2.05, 4.69) is 20.8 Å². The van der Waals surface area contributed by atoms with Crippen LogP contribution in [-0.4, -0.2) is 6.61 Å². The molecule has 78 valence electrons. The van der Waals surface area contributed by atoms with Gasteiger partial charge in [0.1, 0.15) is 0 Å². The van der Waals surface area contributed by atoms with Crippen LogP contribution in [0.3, 0.4) is 0 Å². The fraction of sp³-hybridized carbons (Fsp3) is 0.500. The molecule has 0 bridgehead atoms. The van der Waals surface area contributed by atoms with Crippen LogP contribution in [0.25, 0.3) is 0 Å². The number of hydrogen-bond acceptors (Lipinski definition) is 2. The van der Waals surface area contributed by atoms with Crippen LogP contribution in [0.1, 0.15) is 32.4 Å². The van der Waals surface area contributed by atoms with E-state index in [9.17, 15) is 0 Å². The van der Waals surface area contributed by atoms with E-state index in [1.807, 2.05) is 24.3 Å². The van der Waals surface area contributed by atoms with Crippen molar-refractivity contribution >= 4 is 5.69 Å². The zero-order valence-electron chi connectivity index (χ0n) is 9.16. The minimum atomic E-state index is 0.126. The lowest BCUT2D eigenvalue weighted by molar-refractivity contribution is 0.0470. The maximum absolute atomic E-state index is 5.70. The zero-order valence-corrected chi connectivity index (χ0v) is 9.16. The molecule has 0 aliphatic carbocycles. The second kappa shape index (κ2) is 5.01. The Bertz CT molecular complexity index is 283. The Labute approximate surface area is 86.1 Å². The van der Waals surface area contributed by atoms with Crippen molar-refractivity contribution in [2.45, 2.75) is 26.9 Å². The van der Waals surface area contributed by atoms with Crippen molar-refractivity contribution in [1.82, 2.24) is 0 Å². The van der Waals surface area contributed by atoms with Gasteiger partial charge in [-0.05, 0) is 30.5 Å². The largest absolute Gasteiger partial charge is 0.399 e. The molecule has 0 saturated heterocycles. The van der Waals surface area contributed by atoms with Gasteiger partial charge in [-0.15, -0.1) is 0 Å². The molecule has 2 heteroatoms. The van der Waals surface area contributed by atoms with Crippen LogP contribution in [0.5, 0.6) is 0 Å². The van der Waals surface area contributed by atoms with Crippen LogP contribution in [0.2, 0.25) is 0 Å². The Morgan fingerprint density at radius 3 is 2.57 bits per heavy atom. The summed E-state index contributed by atoms with van der Waals surface area (Å²) in [5, 5.41) is 0. The zero-order chi connectivity index (χ0) is 10.6. The van der Waals surface area contributed by atoms with Crippen molar-refractivity contribution in [2.24, 2.45) is 5.92 Å². The van der Waals surface area contributed by atoms with Crippen LogP contribution in [0.4, 0.5) is 5.69 Å². The number of anilines is 1. The van der Waals surface area contributed by atoms with Crippen LogP contribution in [0.15, 0.2) is 24.3 Å². The Balaban J connectivity index is 2.56. The molecular weight excluding hydrogens is 174 g/mol. The minimum absolute atomic E-state index is 0.126. The molecule has 1 atom stereocenters. The van der Waals surface area contributed by atoms with Crippen molar-refractivity contribution in [1.29, 1.82) is 0 Å². The van der Waals surface area contributed by atoms with Crippen molar-refractivity contribution < 1.29 is 4.74 Å². The molecule has 1 aromatic carbocycles. The van der Waals surface area contributed by atoms with Gasteiger partial charge in [0.25, 0.3) is 0 Å². The molecule has 1 rings (SSSR count). The monoisotopic (exact) mass is 193 g/mol. The number of benzene rings is 1. The van der Waals surface area contributed by atoms with Gasteiger partial charge in [-0.1, -0.05) is 26.0 Å². The molecule has 0 heterocycles. The molecule has 1 unspecified atom stereocenters. The molecule has 14 heavy (non-hydrogen) atoms. The molecular formula is C12H19NO. The first-order chi connectivity index (χ1) is 6.59. The normalized spacial score (nSPS) is 13.1. The molecule has 0 saturated carbocycles. The van der Waals surface area contributed by atoms with Crippen LogP contribution < -0.4 is 5.73 Å². The van der Waals surface area contributed by atoms with E-state index >= 15 is 0 Å². The van der Waals surface area contributed by atoms with Gasteiger partial charge in [0, 0.05) is 12.3 Å². The van der Waals surface area contributed by atoms with Crippen LogP contribution >= 0.6 is 0 Å². The molecule has 0 amide bonds. The quantitative estimate of drug-likeness (QED) is 0.746. The first kappa shape index (κ1) is 11.1. The fourth-order valence-electron chi connectivity index (χ4n) is 1.24. The van der Waals surface area contributed by atoms with E-state index in [0.717, 1.165) is 17.9 Å². The smallest absolute Gasteiger partial charge is 0.0797 e. The summed E-state index contributed by atoms with van der Waals surface area (Å²) >= 11 is 0. The number of nitrogens with two attached hydrogens (primary N) is 1. The third kappa shape index (κ3) is 3.38. The van der Waals surface area contributed by atoms with Gasteiger partial charge in [0.2, 0.25) is 0 Å². The lowest BCUT2D eigenvalue weighted by atomic mass is 10.1. The van der Waals surface area contributed by atoms with Crippen molar-refractivity contribution in [3.05, 3.63) is 29.8 Å². The molecule has 0 aliphatic heterocycles. The average Bonchev–Trinajstić information content (AvgIpc) is 2.14. The van der Waals surface area contributed by atoms with Gasteiger partial charge >= 0.3 is 0 Å². The van der Waals surface area contributed by atoms with E-state index in [4.69, 9.17) is 10.5 Å². The van der Waals surface area contributed by atoms with Crippen molar-refractivity contribution in [3.63, 3.8) is 0 Å². The van der Waals surface area contributed by atoms with Gasteiger partial charge < -0.3 is 10.5 Å². The molecule has 0 aromatic heterocycles. The van der Waals surface area contributed by atoms with Crippen LogP contribution in [0, 0.1) is 5.92 Å². The van der Waals surface area contributed by atoms with Crippen molar-refractivity contribution in [3.8, 4) is 0 Å². The van der Waals surface area contributed by atoms with Crippen LogP contribution in [-0.2, 0) is 4.74 Å². The molecule has 0 spiro atoms. The topological polar surface area (TPSA) is 35.2 Å². The third-order valence-electron chi connectivity index (χ3n) is 2.06. The SMILES string of the molecule is CC(C)COC(C)c1cccc(N)c1. The van der Waals surface area contributed by atoms with E-state index in [-0.39, 0.29) is 6.10 Å². The maximum atomic E-state index is 5.70. The standard InChI is InChI=1S/C12H19NO/c1-9(2)8-14-10(3)11-5-4-6-12(13)7-11/h4-7,9-10H,8,13H2,1-3H3. The fourth-order valence-corrected chi connectivity index (χ4v) is 1.24. The summed E-state index contributed by atoms with van der Waals surface area (Å²) in [5.74, 6) is 0.568. The lowest BCUT2D eigenvalue weighted by Crippen LogP contribution is -2.06. The third-order valence-corrected chi connectivity index (χ3v) is 2.06. The average molecular weight is 193 g/mol. The summed E-state index contributed by atoms with van der Waals surface area (Å²) < 4.78 is 5.69. The molecule has 0 aliphatic rings. The highest BCUT2D eigenvalue weighted by Crippen LogP contribution is 2.19. The molecule has 1 aromatic rings. The second-order valence-corrected chi connectivity index (χ2v) is 4.04. The maximum Gasteiger partial charge on any atom is 0.0797 e. The van der Waals surface area contributed by atoms with Crippen molar-refractivity contribution in [2.75, 3.05) is 12.3 Å². The molecule has 2 nitrogen and oxygen atoms in total. The van der Waals surface area contributed by atoms with Gasteiger partial charge in [-0.3, -0.25) is 0 Å². The summed E-state index contributed by atoms with van der Waals surface area (Å²) in [6.07, 6.45) is 0.126. The molecule has 0 radical (unpaired) electrons. The first-order valence-electron chi connectivity index (χ1n) is 5.06. The van der Waals surface area contributed by atoms with Gasteiger partial charge in [-0.2, -0.15) is 0 Å². The second-order valence-electron chi connectivity index (χ2n) is 4.04. The van der Waals surface area contributed by atoms with E-state index in [1.54, 1.807) is 0 Å². The predicted molar refractivity (Wildman–Crippen MR) is 60.1 cm³/mol. The van der Waals surface area contributed by atoms with Gasteiger partial charge in [-0.25, -0.2) is 0 Å². The summed E-state index contributed by atoms with van der Waals surface area (Å²) in [6, 6.07) is 7.85. The number of ether oxygens (including phenoxy) is 1. The van der Waals surface area contributed by atoms with E-state index < -0.39 is 0 Å².